The fourth-order valence-corrected chi connectivity index (χ4v) is 2.41. The molecule has 8 nitrogen and oxygen atoms in total. The molecular weight excluding hydrogens is 298 g/mol. The molecule has 1 aromatic heterocycles. The number of aromatic nitrogens is 2. The van der Waals surface area contributed by atoms with Crippen molar-refractivity contribution in [2.24, 2.45) is 0 Å². The largest absolute Gasteiger partial charge is 0.394 e. The van der Waals surface area contributed by atoms with Crippen LogP contribution < -0.4 is 10.2 Å². The number of aliphatic hydroxyl groups excluding tert-OH is 1. The van der Waals surface area contributed by atoms with Crippen LogP contribution in [0.3, 0.4) is 0 Å². The van der Waals surface area contributed by atoms with Crippen LogP contribution in [0.25, 0.3) is 0 Å². The summed E-state index contributed by atoms with van der Waals surface area (Å²) in [6.45, 7) is 0.924. The zero-order valence-electron chi connectivity index (χ0n) is 13.9. The van der Waals surface area contributed by atoms with E-state index in [-0.39, 0.29) is 24.8 Å². The third-order valence-electron chi connectivity index (χ3n) is 3.74. The van der Waals surface area contributed by atoms with Crippen LogP contribution in [0.1, 0.15) is 18.4 Å². The first kappa shape index (κ1) is 17.4. The molecule has 2 amide bonds. The van der Waals surface area contributed by atoms with E-state index in [1.807, 2.05) is 19.0 Å². The van der Waals surface area contributed by atoms with Crippen molar-refractivity contribution in [2.75, 3.05) is 39.2 Å². The van der Waals surface area contributed by atoms with Gasteiger partial charge in [-0.05, 0) is 12.8 Å². The van der Waals surface area contributed by atoms with Gasteiger partial charge in [0.25, 0.3) is 0 Å². The second kappa shape index (κ2) is 8.07. The number of anilines is 1. The molecule has 2 heterocycles. The van der Waals surface area contributed by atoms with Gasteiger partial charge in [-0.1, -0.05) is 0 Å². The molecule has 0 unspecified atom stereocenters. The van der Waals surface area contributed by atoms with Crippen molar-refractivity contribution in [1.82, 2.24) is 20.2 Å². The summed E-state index contributed by atoms with van der Waals surface area (Å²) in [6.07, 6.45) is 5.02. The molecular formula is C15H25N5O3. The van der Waals surface area contributed by atoms with E-state index >= 15 is 0 Å². The van der Waals surface area contributed by atoms with Gasteiger partial charge in [-0.15, -0.1) is 0 Å². The Morgan fingerprint density at radius 1 is 1.30 bits per heavy atom. The summed E-state index contributed by atoms with van der Waals surface area (Å²) in [5.41, 5.74) is 0.866. The zero-order valence-corrected chi connectivity index (χ0v) is 13.9. The van der Waals surface area contributed by atoms with E-state index in [9.17, 15) is 4.79 Å². The van der Waals surface area contributed by atoms with Gasteiger partial charge in [0.15, 0.2) is 0 Å². The maximum absolute atomic E-state index is 12.1. The van der Waals surface area contributed by atoms with E-state index in [2.05, 4.69) is 15.3 Å². The summed E-state index contributed by atoms with van der Waals surface area (Å²) in [5, 5.41) is 11.9. The molecule has 128 valence electrons. The van der Waals surface area contributed by atoms with Crippen molar-refractivity contribution >= 4 is 12.0 Å². The lowest BCUT2D eigenvalue weighted by Crippen LogP contribution is -2.40. The molecule has 0 aromatic carbocycles. The van der Waals surface area contributed by atoms with Crippen LogP contribution in [0.2, 0.25) is 0 Å². The summed E-state index contributed by atoms with van der Waals surface area (Å²) in [4.78, 5) is 23.9. The monoisotopic (exact) mass is 323 g/mol. The van der Waals surface area contributed by atoms with E-state index in [0.717, 1.165) is 18.4 Å². The lowest BCUT2D eigenvalue weighted by molar-refractivity contribution is 0.0130. The predicted octanol–water partition coefficient (Wildman–Crippen LogP) is 0.224. The first-order valence-electron chi connectivity index (χ1n) is 7.73. The average Bonchev–Trinajstić information content (AvgIpc) is 3.01. The molecule has 1 aromatic rings. The predicted molar refractivity (Wildman–Crippen MR) is 86.2 cm³/mol. The molecule has 2 rings (SSSR count). The van der Waals surface area contributed by atoms with E-state index in [1.165, 1.54) is 0 Å². The van der Waals surface area contributed by atoms with Crippen molar-refractivity contribution in [3.05, 3.63) is 18.0 Å². The second-order valence-electron chi connectivity index (χ2n) is 5.97. The average molecular weight is 323 g/mol. The number of hydrogen-bond donors (Lipinski definition) is 2. The molecule has 8 heteroatoms. The molecule has 0 radical (unpaired) electrons. The molecule has 0 aliphatic carbocycles. The highest BCUT2D eigenvalue weighted by molar-refractivity contribution is 5.73. The number of nitrogens with zero attached hydrogens (tertiary/aromatic N) is 4. The van der Waals surface area contributed by atoms with Crippen LogP contribution >= 0.6 is 0 Å². The molecule has 23 heavy (non-hydrogen) atoms. The van der Waals surface area contributed by atoms with Crippen molar-refractivity contribution in [3.8, 4) is 0 Å². The Balaban J connectivity index is 1.76. The number of ether oxygens (including phenoxy) is 1. The van der Waals surface area contributed by atoms with Gasteiger partial charge in [0, 0.05) is 45.6 Å². The lowest BCUT2D eigenvalue weighted by atomic mass is 10.2. The molecule has 2 atom stereocenters. The Kier molecular flexibility index (Phi) is 6.12. The molecule has 1 aliphatic rings. The Morgan fingerprint density at radius 2 is 1.96 bits per heavy atom. The van der Waals surface area contributed by atoms with E-state index in [0.29, 0.717) is 19.0 Å². The summed E-state index contributed by atoms with van der Waals surface area (Å²) < 4.78 is 5.59. The maximum atomic E-state index is 12.1. The number of nitrogens with one attached hydrogen (secondary N) is 1. The normalized spacial score (nSPS) is 20.3. The van der Waals surface area contributed by atoms with Crippen LogP contribution in [0.5, 0.6) is 0 Å². The smallest absolute Gasteiger partial charge is 0.317 e. The third-order valence-corrected chi connectivity index (χ3v) is 3.74. The molecule has 0 spiro atoms. The van der Waals surface area contributed by atoms with Gasteiger partial charge in [0.1, 0.15) is 0 Å². The summed E-state index contributed by atoms with van der Waals surface area (Å²) in [7, 11) is 5.48. The van der Waals surface area contributed by atoms with Gasteiger partial charge < -0.3 is 25.0 Å². The number of carbonyl (C=O) groups excluding carboxylic acids is 1. The number of urea groups is 1. The lowest BCUT2D eigenvalue weighted by Gasteiger charge is -2.20. The second-order valence-corrected chi connectivity index (χ2v) is 5.97. The van der Waals surface area contributed by atoms with Crippen LogP contribution in [0.4, 0.5) is 10.7 Å². The summed E-state index contributed by atoms with van der Waals surface area (Å²) in [5.74, 6) is 0.637. The Hall–Kier alpha value is -1.93. The van der Waals surface area contributed by atoms with Gasteiger partial charge >= 0.3 is 6.03 Å². The van der Waals surface area contributed by atoms with Gasteiger partial charge in [-0.25, -0.2) is 14.8 Å². The van der Waals surface area contributed by atoms with Gasteiger partial charge in [0.05, 0.1) is 25.4 Å². The molecule has 1 fully saturated rings. The fourth-order valence-electron chi connectivity index (χ4n) is 2.41. The minimum absolute atomic E-state index is 0.0211. The topological polar surface area (TPSA) is 90.8 Å². The minimum atomic E-state index is -0.169. The number of hydrogen-bond acceptors (Lipinski definition) is 6. The third kappa shape index (κ3) is 5.04. The zero-order chi connectivity index (χ0) is 16.8. The molecule has 0 bridgehead atoms. The maximum Gasteiger partial charge on any atom is 0.317 e. The first-order chi connectivity index (χ1) is 11.0. The van der Waals surface area contributed by atoms with Crippen molar-refractivity contribution in [2.45, 2.75) is 31.6 Å². The Labute approximate surface area is 136 Å². The van der Waals surface area contributed by atoms with Crippen LogP contribution in [0, 0.1) is 0 Å². The van der Waals surface area contributed by atoms with Crippen molar-refractivity contribution < 1.29 is 14.6 Å². The SMILES string of the molecule is CN(Cc1cnc(N(C)C)nc1)C(=O)NC[C@H]1CC[C@@H](CO)O1. The van der Waals surface area contributed by atoms with Gasteiger partial charge in [-0.2, -0.15) is 0 Å². The number of rotatable bonds is 6. The molecule has 0 saturated carbocycles. The number of aliphatic hydroxyl groups is 1. The van der Waals surface area contributed by atoms with E-state index in [4.69, 9.17) is 9.84 Å². The Bertz CT molecular complexity index is 508. The van der Waals surface area contributed by atoms with Gasteiger partial charge in [-0.3, -0.25) is 0 Å². The van der Waals surface area contributed by atoms with Crippen molar-refractivity contribution in [1.29, 1.82) is 0 Å². The minimum Gasteiger partial charge on any atom is -0.394 e. The number of carbonyl (C=O) groups is 1. The standard InChI is InChI=1S/C15H25N5O3/c1-19(2)14-16-6-11(7-17-14)9-20(3)15(22)18-8-12-4-5-13(10-21)23-12/h6-7,12-13,21H,4-5,8-10H2,1-3H3,(H,18,22)/t12-,13+/m1/s1. The highest BCUT2D eigenvalue weighted by Gasteiger charge is 2.25. The first-order valence-corrected chi connectivity index (χ1v) is 7.73. The van der Waals surface area contributed by atoms with E-state index in [1.54, 1.807) is 24.3 Å². The molecule has 1 aliphatic heterocycles. The summed E-state index contributed by atoms with van der Waals surface area (Å²) in [6, 6.07) is -0.169. The Morgan fingerprint density at radius 3 is 2.52 bits per heavy atom. The fraction of sp³-hybridized carbons (Fsp3) is 0.667. The highest BCUT2D eigenvalue weighted by Crippen LogP contribution is 2.18. The van der Waals surface area contributed by atoms with Crippen molar-refractivity contribution in [3.63, 3.8) is 0 Å². The summed E-state index contributed by atoms with van der Waals surface area (Å²) >= 11 is 0. The molecule has 2 N–H and O–H groups in total. The van der Waals surface area contributed by atoms with Gasteiger partial charge in [0.2, 0.25) is 5.95 Å². The van der Waals surface area contributed by atoms with E-state index < -0.39 is 0 Å². The highest BCUT2D eigenvalue weighted by atomic mass is 16.5. The quantitative estimate of drug-likeness (QED) is 0.778. The van der Waals surface area contributed by atoms with Crippen LogP contribution in [-0.2, 0) is 11.3 Å². The number of amides is 2. The van der Waals surface area contributed by atoms with Crippen LogP contribution in [-0.4, -0.2) is 72.5 Å². The van der Waals surface area contributed by atoms with Crippen LogP contribution in [0.15, 0.2) is 12.4 Å². The molecule has 1 saturated heterocycles.